The number of benzene rings is 3. The molecule has 0 aliphatic rings. The number of ether oxygens (including phenoxy) is 2. The highest BCUT2D eigenvalue weighted by Gasteiger charge is 2.14. The van der Waals surface area contributed by atoms with Gasteiger partial charge in [-0.15, -0.1) is 10.2 Å². The molecule has 0 atom stereocenters. The summed E-state index contributed by atoms with van der Waals surface area (Å²) in [6.07, 6.45) is 0. The normalized spacial score (nSPS) is 10.9. The molecule has 0 radical (unpaired) electrons. The Labute approximate surface area is 197 Å². The molecule has 3 aromatic carbocycles. The number of anilines is 1. The number of nitrogens with zero attached hydrogens (tertiary/aromatic N) is 3. The molecule has 0 aliphatic heterocycles. The van der Waals surface area contributed by atoms with Crippen molar-refractivity contribution in [2.24, 2.45) is 7.05 Å². The molecule has 0 unspecified atom stereocenters. The van der Waals surface area contributed by atoms with Crippen LogP contribution in [0.1, 0.15) is 17.0 Å². The number of aromatic nitrogens is 3. The van der Waals surface area contributed by atoms with Gasteiger partial charge in [-0.3, -0.25) is 4.79 Å². The van der Waals surface area contributed by atoms with Gasteiger partial charge in [0.1, 0.15) is 18.1 Å². The van der Waals surface area contributed by atoms with Gasteiger partial charge >= 0.3 is 0 Å². The Morgan fingerprint density at radius 2 is 1.85 bits per heavy atom. The molecule has 4 rings (SSSR count). The second kappa shape index (κ2) is 9.95. The number of methoxy groups -OCH3 is 1. The molecule has 1 amide bonds. The van der Waals surface area contributed by atoms with Crippen molar-refractivity contribution in [3.8, 4) is 11.5 Å². The van der Waals surface area contributed by atoms with E-state index in [0.717, 1.165) is 16.9 Å². The monoisotopic (exact) mass is 462 g/mol. The van der Waals surface area contributed by atoms with Crippen molar-refractivity contribution in [1.29, 1.82) is 0 Å². The van der Waals surface area contributed by atoms with E-state index in [0.29, 0.717) is 22.4 Å². The van der Waals surface area contributed by atoms with E-state index in [4.69, 9.17) is 9.47 Å². The van der Waals surface area contributed by atoms with E-state index < -0.39 is 0 Å². The highest BCUT2D eigenvalue weighted by atomic mass is 32.2. The van der Waals surface area contributed by atoms with E-state index >= 15 is 0 Å². The summed E-state index contributed by atoms with van der Waals surface area (Å²) in [7, 11) is 3.45. The molecule has 1 aromatic heterocycles. The molecule has 33 heavy (non-hydrogen) atoms. The largest absolute Gasteiger partial charge is 0.495 e. The van der Waals surface area contributed by atoms with Crippen LogP contribution in [0.4, 0.5) is 5.69 Å². The number of carbonyl (C=O) groups is 1. The molecule has 0 saturated carbocycles. The Morgan fingerprint density at radius 3 is 2.67 bits per heavy atom. The molecule has 7 nitrogen and oxygen atoms in total. The Hall–Kier alpha value is -3.52. The molecular formula is C25H26N4O3S. The Kier molecular flexibility index (Phi) is 6.84. The van der Waals surface area contributed by atoms with Crippen LogP contribution in [0.5, 0.6) is 11.5 Å². The summed E-state index contributed by atoms with van der Waals surface area (Å²) in [5.74, 6) is 2.19. The van der Waals surface area contributed by atoms with E-state index in [9.17, 15) is 4.79 Å². The first kappa shape index (κ1) is 22.7. The summed E-state index contributed by atoms with van der Waals surface area (Å²) >= 11 is 1.32. The maximum absolute atomic E-state index is 12.5. The Bertz CT molecular complexity index is 1300. The fourth-order valence-electron chi connectivity index (χ4n) is 3.54. The Balaban J connectivity index is 1.37. The minimum absolute atomic E-state index is 0.142. The molecule has 0 spiro atoms. The van der Waals surface area contributed by atoms with Crippen LogP contribution in [0, 0.1) is 13.8 Å². The molecule has 4 aromatic rings. The lowest BCUT2D eigenvalue weighted by Gasteiger charge is -2.12. The minimum atomic E-state index is -0.142. The van der Waals surface area contributed by atoms with Crippen LogP contribution >= 0.6 is 11.8 Å². The molecule has 170 valence electrons. The van der Waals surface area contributed by atoms with E-state index in [2.05, 4.69) is 40.6 Å². The highest BCUT2D eigenvalue weighted by Crippen LogP contribution is 2.28. The van der Waals surface area contributed by atoms with Gasteiger partial charge in [-0.2, -0.15) is 0 Å². The average Bonchev–Trinajstić information content (AvgIpc) is 3.17. The van der Waals surface area contributed by atoms with Crippen LogP contribution < -0.4 is 14.8 Å². The lowest BCUT2D eigenvalue weighted by atomic mass is 10.0. The van der Waals surface area contributed by atoms with Gasteiger partial charge in [0.2, 0.25) is 5.91 Å². The van der Waals surface area contributed by atoms with Gasteiger partial charge in [0.15, 0.2) is 11.0 Å². The quantitative estimate of drug-likeness (QED) is 0.375. The Morgan fingerprint density at radius 1 is 1.06 bits per heavy atom. The summed E-state index contributed by atoms with van der Waals surface area (Å²) in [6.45, 7) is 4.31. The maximum Gasteiger partial charge on any atom is 0.234 e. The first-order valence-corrected chi connectivity index (χ1v) is 11.5. The highest BCUT2D eigenvalue weighted by molar-refractivity contribution is 7.99. The van der Waals surface area contributed by atoms with Crippen molar-refractivity contribution < 1.29 is 14.3 Å². The van der Waals surface area contributed by atoms with Gasteiger partial charge in [-0.25, -0.2) is 0 Å². The zero-order valence-electron chi connectivity index (χ0n) is 19.1. The summed E-state index contributed by atoms with van der Waals surface area (Å²) in [6, 6.07) is 17.9. The standard InChI is InChI=1S/C25H26N4O3S/c1-16-9-11-22(31-4)20(13-16)26-24(30)15-33-25-28-27-23(29(25)3)14-32-21-12-10-18-7-5-6-8-19(18)17(21)2/h5-13H,14-15H2,1-4H3,(H,26,30). The van der Waals surface area contributed by atoms with Crippen molar-refractivity contribution in [3.05, 3.63) is 71.5 Å². The number of thioether (sulfide) groups is 1. The third-order valence-electron chi connectivity index (χ3n) is 5.39. The maximum atomic E-state index is 12.5. The number of hydrogen-bond donors (Lipinski definition) is 1. The van der Waals surface area contributed by atoms with Crippen LogP contribution in [0.2, 0.25) is 0 Å². The fraction of sp³-hybridized carbons (Fsp3) is 0.240. The van der Waals surface area contributed by atoms with E-state index in [1.54, 1.807) is 7.11 Å². The molecule has 0 saturated heterocycles. The first-order valence-electron chi connectivity index (χ1n) is 10.5. The second-order valence-corrected chi connectivity index (χ2v) is 8.64. The molecule has 8 heteroatoms. The number of nitrogens with one attached hydrogen (secondary N) is 1. The third-order valence-corrected chi connectivity index (χ3v) is 6.41. The number of amides is 1. The van der Waals surface area contributed by atoms with Crippen LogP contribution in [0.25, 0.3) is 10.8 Å². The van der Waals surface area contributed by atoms with E-state index in [1.807, 2.05) is 54.9 Å². The fourth-order valence-corrected chi connectivity index (χ4v) is 4.27. The lowest BCUT2D eigenvalue weighted by molar-refractivity contribution is -0.113. The number of rotatable bonds is 8. The van der Waals surface area contributed by atoms with Crippen molar-refractivity contribution in [3.63, 3.8) is 0 Å². The van der Waals surface area contributed by atoms with Gasteiger partial charge in [-0.1, -0.05) is 48.2 Å². The van der Waals surface area contributed by atoms with Crippen LogP contribution in [0.15, 0.2) is 59.8 Å². The third kappa shape index (κ3) is 5.12. The number of fused-ring (bicyclic) bond motifs is 1. The number of aryl methyl sites for hydroxylation is 2. The van der Waals surface area contributed by atoms with Crippen molar-refractivity contribution in [2.75, 3.05) is 18.2 Å². The van der Waals surface area contributed by atoms with E-state index in [-0.39, 0.29) is 18.3 Å². The van der Waals surface area contributed by atoms with Crippen LogP contribution in [-0.4, -0.2) is 33.5 Å². The van der Waals surface area contributed by atoms with Gasteiger partial charge in [0.05, 0.1) is 18.6 Å². The summed E-state index contributed by atoms with van der Waals surface area (Å²) < 4.78 is 13.2. The summed E-state index contributed by atoms with van der Waals surface area (Å²) in [5, 5.41) is 14.4. The predicted octanol–water partition coefficient (Wildman–Crippen LogP) is 4.90. The lowest BCUT2D eigenvalue weighted by Crippen LogP contribution is -2.15. The second-order valence-electron chi connectivity index (χ2n) is 7.70. The van der Waals surface area contributed by atoms with Gasteiger partial charge in [-0.05, 0) is 53.9 Å². The van der Waals surface area contributed by atoms with Gasteiger partial charge in [0.25, 0.3) is 0 Å². The zero-order valence-corrected chi connectivity index (χ0v) is 19.9. The van der Waals surface area contributed by atoms with Crippen molar-refractivity contribution >= 4 is 34.1 Å². The van der Waals surface area contributed by atoms with Crippen molar-refractivity contribution in [2.45, 2.75) is 25.6 Å². The number of hydrogen-bond acceptors (Lipinski definition) is 6. The first-order chi connectivity index (χ1) is 16.0. The van der Waals surface area contributed by atoms with Gasteiger partial charge in [0, 0.05) is 7.05 Å². The summed E-state index contributed by atoms with van der Waals surface area (Å²) in [4.78, 5) is 12.5. The zero-order chi connectivity index (χ0) is 23.4. The smallest absolute Gasteiger partial charge is 0.234 e. The van der Waals surface area contributed by atoms with Crippen LogP contribution in [0.3, 0.4) is 0 Å². The minimum Gasteiger partial charge on any atom is -0.495 e. The molecule has 1 heterocycles. The molecule has 0 aliphatic carbocycles. The van der Waals surface area contributed by atoms with Crippen molar-refractivity contribution in [1.82, 2.24) is 14.8 Å². The molecule has 0 fully saturated rings. The van der Waals surface area contributed by atoms with Crippen LogP contribution in [-0.2, 0) is 18.4 Å². The van der Waals surface area contributed by atoms with Gasteiger partial charge < -0.3 is 19.4 Å². The predicted molar refractivity (Wildman–Crippen MR) is 131 cm³/mol. The topological polar surface area (TPSA) is 78.3 Å². The molecule has 0 bridgehead atoms. The summed E-state index contributed by atoms with van der Waals surface area (Å²) in [5.41, 5.74) is 2.78. The molecule has 1 N–H and O–H groups in total. The number of carbonyl (C=O) groups excluding carboxylic acids is 1. The van der Waals surface area contributed by atoms with E-state index in [1.165, 1.54) is 22.5 Å². The molecular weight excluding hydrogens is 436 g/mol. The SMILES string of the molecule is COc1ccc(C)cc1NC(=O)CSc1nnc(COc2ccc3ccccc3c2C)n1C. The average molecular weight is 463 g/mol.